The minimum absolute atomic E-state index is 0.0180. The van der Waals surface area contributed by atoms with Crippen LogP contribution in [0.1, 0.15) is 46.0 Å². The number of carboxylic acids is 1. The molecule has 0 aromatic heterocycles. The summed E-state index contributed by atoms with van der Waals surface area (Å²) in [6.45, 7) is 3.83. The predicted molar refractivity (Wildman–Crippen MR) is 132 cm³/mol. The molecular weight excluding hydrogens is 460 g/mol. The maximum atomic E-state index is 12.7. The molecule has 200 valence electrons. The Morgan fingerprint density at radius 3 is 1.86 bits per heavy atom. The minimum atomic E-state index is -1.22. The number of carbonyl (C=O) groups is 4. The smallest absolute Gasteiger partial charge is 0.326 e. The number of nitrogens with one attached hydrogen (secondary N) is 3. The highest BCUT2D eigenvalue weighted by atomic mass is 16.4. The van der Waals surface area contributed by atoms with Gasteiger partial charge in [-0.25, -0.2) is 4.79 Å². The van der Waals surface area contributed by atoms with Gasteiger partial charge in [-0.3, -0.25) is 24.4 Å². The monoisotopic (exact) mass is 500 g/mol. The summed E-state index contributed by atoms with van der Waals surface area (Å²) in [4.78, 5) is 56.3. The molecule has 0 aliphatic carbocycles. The summed E-state index contributed by atoms with van der Waals surface area (Å²) >= 11 is 0. The van der Waals surface area contributed by atoms with E-state index in [4.69, 9.17) is 28.7 Å². The zero-order valence-corrected chi connectivity index (χ0v) is 20.3. The zero-order chi connectivity index (χ0) is 27.0. The van der Waals surface area contributed by atoms with E-state index in [9.17, 15) is 24.3 Å². The summed E-state index contributed by atoms with van der Waals surface area (Å²) in [5, 5.41) is 16.8. The van der Waals surface area contributed by atoms with Crippen LogP contribution in [0.4, 0.5) is 0 Å². The van der Waals surface area contributed by atoms with Gasteiger partial charge in [-0.15, -0.1) is 0 Å². The number of carbonyl (C=O) groups excluding carboxylic acids is 3. The first-order valence-corrected chi connectivity index (χ1v) is 11.3. The number of aliphatic imine (C=N–C) groups is 2. The molecule has 3 atom stereocenters. The van der Waals surface area contributed by atoms with Gasteiger partial charge in [-0.1, -0.05) is 13.8 Å². The summed E-state index contributed by atoms with van der Waals surface area (Å²) in [7, 11) is 0. The number of carboxylic acid groups (broad SMARTS) is 1. The lowest BCUT2D eigenvalue weighted by atomic mass is 10.0. The minimum Gasteiger partial charge on any atom is -0.480 e. The molecule has 15 nitrogen and oxygen atoms in total. The summed E-state index contributed by atoms with van der Waals surface area (Å²) in [5.74, 6) is -3.18. The average molecular weight is 501 g/mol. The number of nitrogens with two attached hydrogens (primary N) is 5. The third-order valence-corrected chi connectivity index (χ3v) is 4.65. The number of hydrogen-bond acceptors (Lipinski definition) is 7. The summed E-state index contributed by atoms with van der Waals surface area (Å²) < 4.78 is 0. The highest BCUT2D eigenvalue weighted by Crippen LogP contribution is 2.07. The predicted octanol–water partition coefficient (Wildman–Crippen LogP) is -3.36. The van der Waals surface area contributed by atoms with Gasteiger partial charge in [0.25, 0.3) is 0 Å². The van der Waals surface area contributed by atoms with Crippen LogP contribution in [0.2, 0.25) is 0 Å². The van der Waals surface area contributed by atoms with Crippen LogP contribution in [0.5, 0.6) is 0 Å². The van der Waals surface area contributed by atoms with Crippen LogP contribution in [0, 0.1) is 5.92 Å². The van der Waals surface area contributed by atoms with Crippen LogP contribution >= 0.6 is 0 Å². The summed E-state index contributed by atoms with van der Waals surface area (Å²) in [6.07, 6.45) is 1.47. The molecule has 0 saturated heterocycles. The Morgan fingerprint density at radius 1 is 0.829 bits per heavy atom. The Hall–Kier alpha value is -3.62. The molecule has 0 heterocycles. The molecule has 0 bridgehead atoms. The second-order valence-electron chi connectivity index (χ2n) is 8.37. The second-order valence-corrected chi connectivity index (χ2v) is 8.37. The third-order valence-electron chi connectivity index (χ3n) is 4.65. The lowest BCUT2D eigenvalue weighted by molar-refractivity contribution is -0.142. The molecule has 0 rings (SSSR count). The molecule has 35 heavy (non-hydrogen) atoms. The standard InChI is InChI=1S/C20H40N10O5/c1-11(2)9-14(17(33)30-13(18(34)35)6-4-8-27-20(24)25)29-15(31)10-28-16(32)12(21)5-3-7-26-19(22)23/h11-14H,3-10,21H2,1-2H3,(H,28,32)(H,29,31)(H,30,33)(H,34,35)(H4,22,23,26)(H4,24,25,27). The quantitative estimate of drug-likeness (QED) is 0.0543. The topological polar surface area (TPSA) is 279 Å². The molecule has 0 spiro atoms. The Bertz CT molecular complexity index is 763. The van der Waals surface area contributed by atoms with E-state index in [1.54, 1.807) is 0 Å². The number of nitrogens with zero attached hydrogens (tertiary/aromatic N) is 2. The Balaban J connectivity index is 4.82. The first kappa shape index (κ1) is 31.4. The van der Waals surface area contributed by atoms with Crippen molar-refractivity contribution in [3.05, 3.63) is 0 Å². The molecule has 3 unspecified atom stereocenters. The normalized spacial score (nSPS) is 13.1. The number of rotatable bonds is 17. The van der Waals surface area contributed by atoms with E-state index in [1.807, 2.05) is 13.8 Å². The number of hydrogen-bond donors (Lipinski definition) is 9. The van der Waals surface area contributed by atoms with Crippen molar-refractivity contribution in [2.24, 2.45) is 44.6 Å². The van der Waals surface area contributed by atoms with Gasteiger partial charge in [0.1, 0.15) is 12.1 Å². The highest BCUT2D eigenvalue weighted by molar-refractivity contribution is 5.92. The van der Waals surface area contributed by atoms with Crippen molar-refractivity contribution in [2.45, 2.75) is 64.1 Å². The first-order valence-electron chi connectivity index (χ1n) is 11.3. The van der Waals surface area contributed by atoms with Gasteiger partial charge in [-0.05, 0) is 38.0 Å². The van der Waals surface area contributed by atoms with E-state index in [-0.39, 0.29) is 37.2 Å². The van der Waals surface area contributed by atoms with E-state index in [0.717, 1.165) is 0 Å². The van der Waals surface area contributed by atoms with Crippen LogP contribution in [-0.2, 0) is 19.2 Å². The van der Waals surface area contributed by atoms with Crippen molar-refractivity contribution in [3.63, 3.8) is 0 Å². The van der Waals surface area contributed by atoms with Gasteiger partial charge in [0.05, 0.1) is 12.6 Å². The summed E-state index contributed by atoms with van der Waals surface area (Å²) in [6, 6.07) is -3.03. The van der Waals surface area contributed by atoms with Gasteiger partial charge in [0, 0.05) is 13.1 Å². The maximum Gasteiger partial charge on any atom is 0.326 e. The van der Waals surface area contributed by atoms with Gasteiger partial charge in [0.2, 0.25) is 17.7 Å². The van der Waals surface area contributed by atoms with Gasteiger partial charge in [-0.2, -0.15) is 0 Å². The number of aliphatic carboxylic acids is 1. The number of guanidine groups is 2. The fourth-order valence-electron chi connectivity index (χ4n) is 2.93. The van der Waals surface area contributed by atoms with Crippen LogP contribution in [-0.4, -0.2) is 78.5 Å². The molecule has 0 aliphatic heterocycles. The molecule has 3 amide bonds. The Labute approximate surface area is 204 Å². The fraction of sp³-hybridized carbons (Fsp3) is 0.700. The molecule has 0 aromatic carbocycles. The van der Waals surface area contributed by atoms with Crippen LogP contribution in [0.25, 0.3) is 0 Å². The van der Waals surface area contributed by atoms with Crippen LogP contribution in [0.3, 0.4) is 0 Å². The van der Waals surface area contributed by atoms with Gasteiger partial charge in [0.15, 0.2) is 11.9 Å². The SMILES string of the molecule is CC(C)CC(NC(=O)CNC(=O)C(N)CCCN=C(N)N)C(=O)NC(CCCN=C(N)N)C(=O)O. The summed E-state index contributed by atoms with van der Waals surface area (Å²) in [5.41, 5.74) is 26.7. The Kier molecular flexibility index (Phi) is 15.2. The van der Waals surface area contributed by atoms with Crippen molar-refractivity contribution in [1.29, 1.82) is 0 Å². The molecule has 0 aliphatic rings. The van der Waals surface area contributed by atoms with Gasteiger partial charge < -0.3 is 49.7 Å². The van der Waals surface area contributed by atoms with Gasteiger partial charge >= 0.3 is 5.97 Å². The molecule has 0 saturated carbocycles. The van der Waals surface area contributed by atoms with E-state index >= 15 is 0 Å². The average Bonchev–Trinajstić information content (AvgIpc) is 2.75. The van der Waals surface area contributed by atoms with Crippen LogP contribution in [0.15, 0.2) is 9.98 Å². The van der Waals surface area contributed by atoms with Crippen LogP contribution < -0.4 is 44.6 Å². The molecule has 14 N–H and O–H groups in total. The number of amides is 3. The zero-order valence-electron chi connectivity index (χ0n) is 20.3. The van der Waals surface area contributed by atoms with E-state index in [1.165, 1.54) is 0 Å². The maximum absolute atomic E-state index is 12.7. The fourth-order valence-corrected chi connectivity index (χ4v) is 2.93. The van der Waals surface area contributed by atoms with E-state index in [0.29, 0.717) is 25.8 Å². The van der Waals surface area contributed by atoms with Crippen molar-refractivity contribution < 1.29 is 24.3 Å². The third kappa shape index (κ3) is 15.8. The van der Waals surface area contributed by atoms with Crippen molar-refractivity contribution in [3.8, 4) is 0 Å². The Morgan fingerprint density at radius 2 is 1.37 bits per heavy atom. The largest absolute Gasteiger partial charge is 0.480 e. The van der Waals surface area contributed by atoms with E-state index in [2.05, 4.69) is 25.9 Å². The molecule has 0 fully saturated rings. The second kappa shape index (κ2) is 16.9. The van der Waals surface area contributed by atoms with Crippen molar-refractivity contribution in [2.75, 3.05) is 19.6 Å². The van der Waals surface area contributed by atoms with Crippen molar-refractivity contribution >= 4 is 35.6 Å². The molecule has 0 radical (unpaired) electrons. The van der Waals surface area contributed by atoms with E-state index < -0.39 is 48.4 Å². The molecule has 0 aromatic rings. The molecule has 15 heteroatoms. The lowest BCUT2D eigenvalue weighted by Crippen LogP contribution is -2.54. The highest BCUT2D eigenvalue weighted by Gasteiger charge is 2.27. The first-order chi connectivity index (χ1) is 16.3. The lowest BCUT2D eigenvalue weighted by Gasteiger charge is -2.23. The van der Waals surface area contributed by atoms with Crippen molar-refractivity contribution in [1.82, 2.24) is 16.0 Å². The molecular formula is C20H40N10O5.